The molecule has 3 heterocycles. The second-order valence-corrected chi connectivity index (χ2v) is 7.51. The normalized spacial score (nSPS) is 12.2. The van der Waals surface area contributed by atoms with E-state index in [9.17, 15) is 9.59 Å². The molecule has 158 valence electrons. The van der Waals surface area contributed by atoms with Gasteiger partial charge in [0.15, 0.2) is 0 Å². The van der Waals surface area contributed by atoms with Crippen molar-refractivity contribution < 1.29 is 0 Å². The Morgan fingerprint density at radius 1 is 1.00 bits per heavy atom. The molecule has 2 N–H and O–H groups in total. The number of rotatable bonds is 4. The third-order valence-electron chi connectivity index (χ3n) is 5.07. The second-order valence-electron chi connectivity index (χ2n) is 7.10. The first-order chi connectivity index (χ1) is 15.5. The Morgan fingerprint density at radius 2 is 1.81 bits per heavy atom. The van der Waals surface area contributed by atoms with E-state index in [2.05, 4.69) is 25.3 Å². The lowest BCUT2D eigenvalue weighted by molar-refractivity contribution is 0.731. The van der Waals surface area contributed by atoms with Crippen molar-refractivity contribution in [2.45, 2.75) is 13.0 Å². The first-order valence-electron chi connectivity index (χ1n) is 9.76. The smallest absolute Gasteiger partial charge is 0.285 e. The molecular weight excluding hydrogens is 430 g/mol. The van der Waals surface area contributed by atoms with Crippen LogP contribution in [0.2, 0.25) is 5.02 Å². The van der Waals surface area contributed by atoms with Gasteiger partial charge in [-0.3, -0.25) is 14.2 Å². The number of nitrogens with one attached hydrogen (secondary N) is 2. The van der Waals surface area contributed by atoms with Crippen molar-refractivity contribution in [2.24, 2.45) is 0 Å². The predicted molar refractivity (Wildman–Crippen MR) is 122 cm³/mol. The highest BCUT2D eigenvalue weighted by Gasteiger charge is 2.21. The molecule has 2 aromatic carbocycles. The molecule has 0 saturated heterocycles. The number of fused-ring (bicyclic) bond motifs is 2. The van der Waals surface area contributed by atoms with Crippen LogP contribution in [0.25, 0.3) is 27.6 Å². The third-order valence-corrected chi connectivity index (χ3v) is 5.39. The lowest BCUT2D eigenvalue weighted by Gasteiger charge is -2.20. The lowest BCUT2D eigenvalue weighted by Crippen LogP contribution is -2.28. The maximum absolute atomic E-state index is 13.5. The predicted octanol–water partition coefficient (Wildman–Crippen LogP) is 3.24. The molecule has 3 aromatic heterocycles. The number of aromatic nitrogens is 6. The molecule has 10 heteroatoms. The zero-order valence-corrected chi connectivity index (χ0v) is 17.5. The summed E-state index contributed by atoms with van der Waals surface area (Å²) in [5, 5.41) is 4.08. The van der Waals surface area contributed by atoms with E-state index in [0.717, 1.165) is 0 Å². The molecular formula is C22H16ClN7O2. The van der Waals surface area contributed by atoms with E-state index < -0.39 is 11.6 Å². The van der Waals surface area contributed by atoms with Crippen LogP contribution in [0.15, 0.2) is 70.8 Å². The number of hydrogen-bond donors (Lipinski definition) is 2. The SMILES string of the molecule is C[C@H](Nc1ncnc2[nH]cnc(=O)c12)c1nc2cccc(Cl)c2c(=O)n1-c1ccccc1. The number of halogens is 1. The van der Waals surface area contributed by atoms with Gasteiger partial charge in [0.1, 0.15) is 29.0 Å². The van der Waals surface area contributed by atoms with Crippen LogP contribution in [0, 0.1) is 0 Å². The first-order valence-corrected chi connectivity index (χ1v) is 10.1. The van der Waals surface area contributed by atoms with Gasteiger partial charge < -0.3 is 10.3 Å². The van der Waals surface area contributed by atoms with Crippen molar-refractivity contribution in [3.8, 4) is 5.69 Å². The fourth-order valence-corrected chi connectivity index (χ4v) is 3.87. The summed E-state index contributed by atoms with van der Waals surface area (Å²) in [6.07, 6.45) is 2.62. The highest BCUT2D eigenvalue weighted by molar-refractivity contribution is 6.35. The van der Waals surface area contributed by atoms with Crippen LogP contribution in [0.5, 0.6) is 0 Å². The maximum atomic E-state index is 13.5. The van der Waals surface area contributed by atoms with E-state index >= 15 is 0 Å². The number of nitrogens with zero attached hydrogens (tertiary/aromatic N) is 5. The van der Waals surface area contributed by atoms with Crippen LogP contribution in [0.1, 0.15) is 18.8 Å². The number of para-hydroxylation sites is 1. The Morgan fingerprint density at radius 3 is 2.62 bits per heavy atom. The van der Waals surface area contributed by atoms with E-state index in [1.165, 1.54) is 17.2 Å². The van der Waals surface area contributed by atoms with E-state index in [4.69, 9.17) is 16.6 Å². The molecule has 0 spiro atoms. The average molecular weight is 446 g/mol. The zero-order chi connectivity index (χ0) is 22.2. The summed E-state index contributed by atoms with van der Waals surface area (Å²) in [6, 6.07) is 13.8. The topological polar surface area (TPSA) is 118 Å². The molecule has 0 fully saturated rings. The van der Waals surface area contributed by atoms with E-state index in [1.54, 1.807) is 18.2 Å². The fraction of sp³-hybridized carbons (Fsp3) is 0.0909. The molecule has 0 aliphatic carbocycles. The van der Waals surface area contributed by atoms with Crippen molar-refractivity contribution in [1.29, 1.82) is 0 Å². The summed E-state index contributed by atoms with van der Waals surface area (Å²) >= 11 is 6.34. The maximum Gasteiger partial charge on any atom is 0.285 e. The van der Waals surface area contributed by atoms with Crippen LogP contribution in [-0.2, 0) is 0 Å². The average Bonchev–Trinajstić information content (AvgIpc) is 2.79. The fourth-order valence-electron chi connectivity index (χ4n) is 3.62. The summed E-state index contributed by atoms with van der Waals surface area (Å²) < 4.78 is 1.51. The Balaban J connectivity index is 1.72. The second kappa shape index (κ2) is 7.86. The molecule has 5 rings (SSSR count). The summed E-state index contributed by atoms with van der Waals surface area (Å²) in [7, 11) is 0. The summed E-state index contributed by atoms with van der Waals surface area (Å²) in [5.41, 5.74) is 0.719. The molecule has 0 bridgehead atoms. The van der Waals surface area contributed by atoms with Crippen molar-refractivity contribution in [3.05, 3.63) is 92.7 Å². The van der Waals surface area contributed by atoms with Crippen LogP contribution >= 0.6 is 11.6 Å². The van der Waals surface area contributed by atoms with E-state index in [-0.39, 0.29) is 16.8 Å². The van der Waals surface area contributed by atoms with Gasteiger partial charge in [-0.2, -0.15) is 4.98 Å². The lowest BCUT2D eigenvalue weighted by atomic mass is 10.2. The van der Waals surface area contributed by atoms with Crippen LogP contribution < -0.4 is 16.4 Å². The Kier molecular flexibility index (Phi) is 4.87. The molecule has 0 unspecified atom stereocenters. The zero-order valence-electron chi connectivity index (χ0n) is 16.8. The van der Waals surface area contributed by atoms with Gasteiger partial charge >= 0.3 is 0 Å². The third kappa shape index (κ3) is 3.28. The van der Waals surface area contributed by atoms with Crippen molar-refractivity contribution in [3.63, 3.8) is 0 Å². The molecule has 0 radical (unpaired) electrons. The quantitative estimate of drug-likeness (QED) is 0.436. The molecule has 0 aliphatic heterocycles. The minimum atomic E-state index is -0.510. The summed E-state index contributed by atoms with van der Waals surface area (Å²) in [4.78, 5) is 45.5. The number of benzene rings is 2. The van der Waals surface area contributed by atoms with Crippen molar-refractivity contribution >= 4 is 39.4 Å². The number of aromatic amines is 1. The Labute approximate surface area is 185 Å². The highest BCUT2D eigenvalue weighted by atomic mass is 35.5. The van der Waals surface area contributed by atoms with Gasteiger partial charge in [0.2, 0.25) is 0 Å². The number of hydrogen-bond acceptors (Lipinski definition) is 7. The summed E-state index contributed by atoms with van der Waals surface area (Å²) in [5.74, 6) is 0.722. The minimum absolute atomic E-state index is 0.222. The molecule has 9 nitrogen and oxygen atoms in total. The van der Waals surface area contributed by atoms with E-state index in [0.29, 0.717) is 33.1 Å². The largest absolute Gasteiger partial charge is 0.360 e. The van der Waals surface area contributed by atoms with Gasteiger partial charge in [0, 0.05) is 0 Å². The van der Waals surface area contributed by atoms with Crippen molar-refractivity contribution in [2.75, 3.05) is 5.32 Å². The minimum Gasteiger partial charge on any atom is -0.360 e. The van der Waals surface area contributed by atoms with Gasteiger partial charge in [0.05, 0.1) is 34.0 Å². The monoisotopic (exact) mass is 445 g/mol. The highest BCUT2D eigenvalue weighted by Crippen LogP contribution is 2.25. The Hall–Kier alpha value is -4.11. The van der Waals surface area contributed by atoms with Gasteiger partial charge in [-0.25, -0.2) is 15.0 Å². The van der Waals surface area contributed by atoms with Crippen LogP contribution in [0.3, 0.4) is 0 Å². The van der Waals surface area contributed by atoms with Gasteiger partial charge in [-0.15, -0.1) is 0 Å². The van der Waals surface area contributed by atoms with Crippen molar-refractivity contribution in [1.82, 2.24) is 29.5 Å². The first kappa shape index (κ1) is 19.8. The molecule has 0 saturated carbocycles. The molecule has 1 atom stereocenters. The van der Waals surface area contributed by atoms with Gasteiger partial charge in [-0.05, 0) is 31.2 Å². The number of anilines is 1. The van der Waals surface area contributed by atoms with E-state index in [1.807, 2.05) is 37.3 Å². The molecule has 0 aliphatic rings. The van der Waals surface area contributed by atoms with Gasteiger partial charge in [0.25, 0.3) is 11.1 Å². The number of H-pyrrole nitrogens is 1. The van der Waals surface area contributed by atoms with Crippen LogP contribution in [-0.4, -0.2) is 29.5 Å². The molecule has 5 aromatic rings. The van der Waals surface area contributed by atoms with Crippen LogP contribution in [0.4, 0.5) is 5.82 Å². The molecule has 32 heavy (non-hydrogen) atoms. The molecule has 0 amide bonds. The standard InChI is InChI=1S/C22H16ClN7O2/c1-12(28-19-17-18(24-10-26-19)25-11-27-21(17)31)20-29-15-9-5-8-14(23)16(15)22(32)30(20)13-6-3-2-4-7-13/h2-12H,1H3,(H2,24,25,26,27,28,31)/t12-/m0/s1. The Bertz CT molecular complexity index is 1580. The summed E-state index contributed by atoms with van der Waals surface area (Å²) in [6.45, 7) is 1.83. The van der Waals surface area contributed by atoms with Gasteiger partial charge in [-0.1, -0.05) is 35.9 Å².